The Balaban J connectivity index is 2.15. The molecule has 1 heterocycles. The Kier molecular flexibility index (Phi) is 5.16. The molecule has 0 saturated heterocycles. The van der Waals surface area contributed by atoms with Crippen molar-refractivity contribution in [2.45, 2.75) is 39.6 Å². The van der Waals surface area contributed by atoms with Crippen molar-refractivity contribution in [2.24, 2.45) is 0 Å². The van der Waals surface area contributed by atoms with E-state index in [0.717, 1.165) is 0 Å². The first kappa shape index (κ1) is 17.8. The van der Waals surface area contributed by atoms with Crippen LogP contribution >= 0.6 is 0 Å². The van der Waals surface area contributed by atoms with Crippen molar-refractivity contribution in [1.29, 1.82) is 0 Å². The zero-order valence-electron chi connectivity index (χ0n) is 13.4. The second-order valence-corrected chi connectivity index (χ2v) is 5.50. The summed E-state index contributed by atoms with van der Waals surface area (Å²) in [5, 5.41) is 6.35. The number of amides is 1. The molecule has 0 atom stereocenters. The van der Waals surface area contributed by atoms with Crippen LogP contribution in [-0.2, 0) is 6.54 Å². The third-order valence-electron chi connectivity index (χ3n) is 3.28. The third-order valence-corrected chi connectivity index (χ3v) is 3.28. The molecular formula is C16H17F3N2O3. The summed E-state index contributed by atoms with van der Waals surface area (Å²) in [5.74, 6) is -0.423. The molecule has 5 nitrogen and oxygen atoms in total. The van der Waals surface area contributed by atoms with Crippen LogP contribution in [0.25, 0.3) is 0 Å². The van der Waals surface area contributed by atoms with E-state index in [1.807, 2.05) is 13.8 Å². The standard InChI is InChI=1S/C16H17F3N2O3/c1-9(2)14-13(10(3)21-24-14)15(22)20-8-11-6-4-5-7-12(11)23-16(17,18)19/h4-7,9H,8H2,1-3H3,(H,20,22). The predicted octanol–water partition coefficient (Wildman–Crippen LogP) is 3.94. The van der Waals surface area contributed by atoms with Crippen LogP contribution in [0.2, 0.25) is 0 Å². The van der Waals surface area contributed by atoms with Crippen LogP contribution in [-0.4, -0.2) is 17.4 Å². The van der Waals surface area contributed by atoms with Crippen molar-refractivity contribution in [3.05, 3.63) is 46.8 Å². The lowest BCUT2D eigenvalue weighted by Crippen LogP contribution is -2.25. The first-order chi connectivity index (χ1) is 11.2. The van der Waals surface area contributed by atoms with Crippen molar-refractivity contribution < 1.29 is 27.2 Å². The smallest absolute Gasteiger partial charge is 0.405 e. The van der Waals surface area contributed by atoms with Crippen LogP contribution in [0.5, 0.6) is 5.75 Å². The van der Waals surface area contributed by atoms with Gasteiger partial charge in [-0.05, 0) is 13.0 Å². The molecule has 0 fully saturated rings. The summed E-state index contributed by atoms with van der Waals surface area (Å²) in [6.07, 6.45) is -4.80. The molecule has 0 unspecified atom stereocenters. The minimum absolute atomic E-state index is 0.0483. The molecule has 0 aliphatic carbocycles. The van der Waals surface area contributed by atoms with Gasteiger partial charge in [-0.3, -0.25) is 4.79 Å². The number of halogens is 3. The van der Waals surface area contributed by atoms with Crippen LogP contribution in [0, 0.1) is 6.92 Å². The average molecular weight is 342 g/mol. The molecule has 0 spiro atoms. The number of carbonyl (C=O) groups excluding carboxylic acids is 1. The predicted molar refractivity (Wildman–Crippen MR) is 79.6 cm³/mol. The molecule has 1 N–H and O–H groups in total. The fraction of sp³-hybridized carbons (Fsp3) is 0.375. The summed E-state index contributed by atoms with van der Waals surface area (Å²) >= 11 is 0. The molecule has 0 aliphatic heterocycles. The largest absolute Gasteiger partial charge is 0.573 e. The highest BCUT2D eigenvalue weighted by atomic mass is 19.4. The third kappa shape index (κ3) is 4.27. The summed E-state index contributed by atoms with van der Waals surface area (Å²) in [7, 11) is 0. The highest BCUT2D eigenvalue weighted by Gasteiger charge is 2.32. The lowest BCUT2D eigenvalue weighted by molar-refractivity contribution is -0.274. The van der Waals surface area contributed by atoms with E-state index in [2.05, 4.69) is 15.2 Å². The fourth-order valence-corrected chi connectivity index (χ4v) is 2.20. The molecular weight excluding hydrogens is 325 g/mol. The molecule has 1 aromatic carbocycles. The fourth-order valence-electron chi connectivity index (χ4n) is 2.20. The van der Waals surface area contributed by atoms with Gasteiger partial charge >= 0.3 is 6.36 Å². The van der Waals surface area contributed by atoms with Gasteiger partial charge in [0.1, 0.15) is 11.3 Å². The Hall–Kier alpha value is -2.51. The van der Waals surface area contributed by atoms with Gasteiger partial charge in [0.25, 0.3) is 5.91 Å². The van der Waals surface area contributed by atoms with Crippen molar-refractivity contribution in [1.82, 2.24) is 10.5 Å². The van der Waals surface area contributed by atoms with Gasteiger partial charge in [0.2, 0.25) is 0 Å². The van der Waals surface area contributed by atoms with Crippen molar-refractivity contribution in [3.63, 3.8) is 0 Å². The van der Waals surface area contributed by atoms with Gasteiger partial charge in [-0.1, -0.05) is 37.2 Å². The summed E-state index contributed by atoms with van der Waals surface area (Å²) in [5.41, 5.74) is 0.943. The number of aromatic nitrogens is 1. The second kappa shape index (κ2) is 6.94. The lowest BCUT2D eigenvalue weighted by atomic mass is 10.0. The van der Waals surface area contributed by atoms with Crippen LogP contribution < -0.4 is 10.1 Å². The van der Waals surface area contributed by atoms with E-state index in [1.165, 1.54) is 18.2 Å². The molecule has 0 aliphatic rings. The molecule has 1 amide bonds. The number of rotatable bonds is 5. The zero-order valence-corrected chi connectivity index (χ0v) is 13.4. The molecule has 8 heteroatoms. The Morgan fingerprint density at radius 3 is 2.62 bits per heavy atom. The molecule has 0 bridgehead atoms. The maximum absolute atomic E-state index is 12.4. The first-order valence-electron chi connectivity index (χ1n) is 7.27. The average Bonchev–Trinajstić information content (AvgIpc) is 2.86. The number of nitrogens with zero attached hydrogens (tertiary/aromatic N) is 1. The van der Waals surface area contributed by atoms with Gasteiger partial charge < -0.3 is 14.6 Å². The summed E-state index contributed by atoms with van der Waals surface area (Å²) in [4.78, 5) is 12.3. The van der Waals surface area contributed by atoms with E-state index in [4.69, 9.17) is 4.52 Å². The lowest BCUT2D eigenvalue weighted by Gasteiger charge is -2.13. The number of nitrogens with one attached hydrogen (secondary N) is 1. The zero-order chi connectivity index (χ0) is 17.9. The number of carbonyl (C=O) groups is 1. The van der Waals surface area contributed by atoms with E-state index < -0.39 is 12.3 Å². The van der Waals surface area contributed by atoms with E-state index >= 15 is 0 Å². The number of para-hydroxylation sites is 1. The minimum atomic E-state index is -4.80. The topological polar surface area (TPSA) is 64.4 Å². The Labute approximate surface area is 136 Å². The Morgan fingerprint density at radius 2 is 2.00 bits per heavy atom. The molecule has 24 heavy (non-hydrogen) atoms. The monoisotopic (exact) mass is 342 g/mol. The van der Waals surface area contributed by atoms with Crippen LogP contribution in [0.3, 0.4) is 0 Å². The van der Waals surface area contributed by atoms with Crippen molar-refractivity contribution in [2.75, 3.05) is 0 Å². The van der Waals surface area contributed by atoms with Crippen LogP contribution in [0.15, 0.2) is 28.8 Å². The SMILES string of the molecule is Cc1noc(C(C)C)c1C(=O)NCc1ccccc1OC(F)(F)F. The number of hydrogen-bond donors (Lipinski definition) is 1. The maximum Gasteiger partial charge on any atom is 0.573 e. The molecule has 1 aromatic heterocycles. The summed E-state index contributed by atoms with van der Waals surface area (Å²) in [6, 6.07) is 5.63. The van der Waals surface area contributed by atoms with Gasteiger partial charge in [0.15, 0.2) is 5.76 Å². The van der Waals surface area contributed by atoms with Gasteiger partial charge in [0.05, 0.1) is 5.69 Å². The second-order valence-electron chi connectivity index (χ2n) is 5.50. The number of aryl methyl sites for hydroxylation is 1. The summed E-state index contributed by atoms with van der Waals surface area (Å²) < 4.78 is 46.3. The van der Waals surface area contributed by atoms with Crippen LogP contribution in [0.1, 0.15) is 47.1 Å². The van der Waals surface area contributed by atoms with Crippen molar-refractivity contribution in [3.8, 4) is 5.75 Å². The molecule has 2 rings (SSSR count). The summed E-state index contributed by atoms with van der Waals surface area (Å²) in [6.45, 7) is 5.21. The minimum Gasteiger partial charge on any atom is -0.405 e. The van der Waals surface area contributed by atoms with E-state index in [0.29, 0.717) is 17.0 Å². The van der Waals surface area contributed by atoms with Gasteiger partial charge in [0, 0.05) is 18.0 Å². The maximum atomic E-state index is 12.4. The highest BCUT2D eigenvalue weighted by molar-refractivity contribution is 5.96. The highest BCUT2D eigenvalue weighted by Crippen LogP contribution is 2.26. The number of hydrogen-bond acceptors (Lipinski definition) is 4. The van der Waals surface area contributed by atoms with E-state index in [1.54, 1.807) is 13.0 Å². The van der Waals surface area contributed by atoms with Gasteiger partial charge in [-0.15, -0.1) is 13.2 Å². The van der Waals surface area contributed by atoms with Gasteiger partial charge in [-0.25, -0.2) is 0 Å². The normalized spacial score (nSPS) is 11.6. The molecule has 0 radical (unpaired) electrons. The Bertz CT molecular complexity index is 724. The molecule has 130 valence electrons. The number of ether oxygens (including phenoxy) is 1. The first-order valence-corrected chi connectivity index (χ1v) is 7.27. The Morgan fingerprint density at radius 1 is 1.33 bits per heavy atom. The van der Waals surface area contributed by atoms with E-state index in [9.17, 15) is 18.0 Å². The quantitative estimate of drug-likeness (QED) is 0.894. The van der Waals surface area contributed by atoms with E-state index in [-0.39, 0.29) is 23.8 Å². The molecule has 0 saturated carbocycles. The molecule has 2 aromatic rings. The van der Waals surface area contributed by atoms with Crippen LogP contribution in [0.4, 0.5) is 13.2 Å². The number of alkyl halides is 3. The number of benzene rings is 1. The van der Waals surface area contributed by atoms with Gasteiger partial charge in [-0.2, -0.15) is 0 Å². The van der Waals surface area contributed by atoms with Crippen molar-refractivity contribution >= 4 is 5.91 Å².